The Morgan fingerprint density at radius 1 is 0.875 bits per heavy atom. The Kier molecular flexibility index (Phi) is 10.5. The number of hydrogen-bond donors (Lipinski definition) is 1. The monoisotopic (exact) mass is 366 g/mol. The molecule has 3 atom stereocenters. The second-order valence-electron chi connectivity index (χ2n) is 8.11. The molecule has 0 bridgehead atoms. The summed E-state index contributed by atoms with van der Waals surface area (Å²) >= 11 is 0. The van der Waals surface area contributed by atoms with Crippen LogP contribution in [0.5, 0.6) is 0 Å². The van der Waals surface area contributed by atoms with Crippen LogP contribution >= 0.6 is 9.24 Å². The summed E-state index contributed by atoms with van der Waals surface area (Å²) in [7, 11) is 2.71. The van der Waals surface area contributed by atoms with Crippen LogP contribution in [0, 0.1) is 0 Å². The number of aliphatic hydroxyl groups excluding tert-OH is 1. The molecule has 0 saturated heterocycles. The quantitative estimate of drug-likeness (QED) is 0.507. The standard InChI is InChI=1S/C18H39O5P/c1-9-18(8,24)23-13-17(6,7)22-11-15(19)10-21-16(4,5)12-20-14(2)3/h14-15,19H,9-13,24H2,1-8H3. The maximum absolute atomic E-state index is 10.1. The fraction of sp³-hybridized carbons (Fsp3) is 1.00. The molecular formula is C18H39O5P. The van der Waals surface area contributed by atoms with Gasteiger partial charge in [-0.05, 0) is 54.9 Å². The third-order valence-corrected chi connectivity index (χ3v) is 4.12. The number of rotatable bonds is 13. The minimum atomic E-state index is -0.684. The maximum Gasteiger partial charge on any atom is 0.101 e. The smallest absolute Gasteiger partial charge is 0.101 e. The van der Waals surface area contributed by atoms with Crippen LogP contribution in [0.2, 0.25) is 0 Å². The highest BCUT2D eigenvalue weighted by Gasteiger charge is 2.26. The van der Waals surface area contributed by atoms with Gasteiger partial charge in [-0.25, -0.2) is 0 Å². The first-order chi connectivity index (χ1) is 10.8. The van der Waals surface area contributed by atoms with Gasteiger partial charge in [0.2, 0.25) is 0 Å². The third-order valence-electron chi connectivity index (χ3n) is 3.55. The lowest BCUT2D eigenvalue weighted by atomic mass is 10.1. The van der Waals surface area contributed by atoms with E-state index in [4.69, 9.17) is 18.9 Å². The zero-order chi connectivity index (χ0) is 19.0. The number of ether oxygens (including phenoxy) is 4. The first-order valence-corrected chi connectivity index (χ1v) is 9.37. The predicted molar refractivity (Wildman–Crippen MR) is 102 cm³/mol. The molecule has 0 rings (SSSR count). The van der Waals surface area contributed by atoms with E-state index in [0.29, 0.717) is 13.2 Å². The van der Waals surface area contributed by atoms with Gasteiger partial charge in [0.1, 0.15) is 6.10 Å². The lowest BCUT2D eigenvalue weighted by Crippen LogP contribution is -2.39. The zero-order valence-electron chi connectivity index (χ0n) is 16.8. The molecule has 0 spiro atoms. The molecule has 0 aromatic heterocycles. The van der Waals surface area contributed by atoms with Gasteiger partial charge >= 0.3 is 0 Å². The van der Waals surface area contributed by atoms with Crippen LogP contribution in [0.3, 0.4) is 0 Å². The Morgan fingerprint density at radius 3 is 1.75 bits per heavy atom. The molecule has 0 aliphatic rings. The van der Waals surface area contributed by atoms with Crippen molar-refractivity contribution in [2.75, 3.05) is 26.4 Å². The fourth-order valence-corrected chi connectivity index (χ4v) is 1.67. The topological polar surface area (TPSA) is 57.2 Å². The van der Waals surface area contributed by atoms with Crippen molar-refractivity contribution < 1.29 is 24.1 Å². The van der Waals surface area contributed by atoms with E-state index in [-0.39, 0.29) is 24.7 Å². The molecule has 0 aromatic carbocycles. The summed E-state index contributed by atoms with van der Waals surface area (Å²) in [5.74, 6) is 0. The van der Waals surface area contributed by atoms with Gasteiger partial charge in [0.15, 0.2) is 0 Å². The van der Waals surface area contributed by atoms with Gasteiger partial charge < -0.3 is 24.1 Å². The van der Waals surface area contributed by atoms with E-state index in [1.807, 2.05) is 48.5 Å². The van der Waals surface area contributed by atoms with Crippen LogP contribution in [-0.4, -0.2) is 60.3 Å². The van der Waals surface area contributed by atoms with Crippen LogP contribution in [0.4, 0.5) is 0 Å². The van der Waals surface area contributed by atoms with Gasteiger partial charge in [0.25, 0.3) is 0 Å². The van der Waals surface area contributed by atoms with E-state index < -0.39 is 17.3 Å². The first kappa shape index (κ1) is 24.2. The largest absolute Gasteiger partial charge is 0.388 e. The molecule has 0 saturated carbocycles. The summed E-state index contributed by atoms with van der Waals surface area (Å²) in [5, 5.41) is 9.84. The van der Waals surface area contributed by atoms with E-state index in [1.54, 1.807) is 0 Å². The number of aliphatic hydroxyl groups is 1. The van der Waals surface area contributed by atoms with E-state index in [1.165, 1.54) is 0 Å². The summed E-state index contributed by atoms with van der Waals surface area (Å²) in [6.45, 7) is 17.3. The van der Waals surface area contributed by atoms with Gasteiger partial charge in [0, 0.05) is 0 Å². The highest BCUT2D eigenvalue weighted by Crippen LogP contribution is 2.25. The predicted octanol–water partition coefficient (Wildman–Crippen LogP) is 3.38. The van der Waals surface area contributed by atoms with Gasteiger partial charge in [-0.1, -0.05) is 6.92 Å². The number of hydrogen-bond acceptors (Lipinski definition) is 5. The SMILES string of the molecule is CCC(C)(P)OCC(C)(C)OCC(O)COC(C)(C)COC(C)C. The molecule has 24 heavy (non-hydrogen) atoms. The van der Waals surface area contributed by atoms with Crippen molar-refractivity contribution in [2.24, 2.45) is 0 Å². The molecule has 5 nitrogen and oxygen atoms in total. The van der Waals surface area contributed by atoms with Gasteiger partial charge in [-0.15, -0.1) is 9.24 Å². The summed E-state index contributed by atoms with van der Waals surface area (Å²) in [6.07, 6.45) is 0.376. The van der Waals surface area contributed by atoms with E-state index >= 15 is 0 Å². The third kappa shape index (κ3) is 12.6. The van der Waals surface area contributed by atoms with Crippen LogP contribution in [0.25, 0.3) is 0 Å². The van der Waals surface area contributed by atoms with Crippen molar-refractivity contribution in [1.82, 2.24) is 0 Å². The van der Waals surface area contributed by atoms with E-state index in [2.05, 4.69) is 16.2 Å². The molecule has 0 aliphatic heterocycles. The highest BCUT2D eigenvalue weighted by molar-refractivity contribution is 7.18. The second kappa shape index (κ2) is 10.4. The molecule has 1 N–H and O–H groups in total. The van der Waals surface area contributed by atoms with Crippen LogP contribution in [-0.2, 0) is 18.9 Å². The second-order valence-corrected chi connectivity index (χ2v) is 9.33. The molecule has 0 radical (unpaired) electrons. The van der Waals surface area contributed by atoms with Gasteiger partial charge in [0.05, 0.1) is 49.1 Å². The summed E-state index contributed by atoms with van der Waals surface area (Å²) < 4.78 is 23.0. The molecular weight excluding hydrogens is 327 g/mol. The van der Waals surface area contributed by atoms with Crippen molar-refractivity contribution in [1.29, 1.82) is 0 Å². The van der Waals surface area contributed by atoms with Crippen LogP contribution < -0.4 is 0 Å². The van der Waals surface area contributed by atoms with Crippen LogP contribution in [0.1, 0.15) is 61.8 Å². The van der Waals surface area contributed by atoms with Crippen LogP contribution in [0.15, 0.2) is 0 Å². The minimum absolute atomic E-state index is 0.160. The Bertz CT molecular complexity index is 342. The summed E-state index contributed by atoms with van der Waals surface area (Å²) in [6, 6.07) is 0. The van der Waals surface area contributed by atoms with E-state index in [9.17, 15) is 5.11 Å². The van der Waals surface area contributed by atoms with Crippen molar-refractivity contribution >= 4 is 9.24 Å². The molecule has 0 aliphatic carbocycles. The first-order valence-electron chi connectivity index (χ1n) is 8.79. The minimum Gasteiger partial charge on any atom is -0.388 e. The maximum atomic E-state index is 10.1. The molecule has 3 unspecified atom stereocenters. The van der Waals surface area contributed by atoms with E-state index in [0.717, 1.165) is 6.42 Å². The van der Waals surface area contributed by atoms with Gasteiger partial charge in [-0.2, -0.15) is 0 Å². The van der Waals surface area contributed by atoms with Gasteiger partial charge in [-0.3, -0.25) is 0 Å². The fourth-order valence-electron chi connectivity index (χ4n) is 1.58. The Labute approximate surface area is 151 Å². The average molecular weight is 366 g/mol. The lowest BCUT2D eigenvalue weighted by Gasteiger charge is -2.32. The molecule has 0 heterocycles. The van der Waals surface area contributed by atoms with Crippen molar-refractivity contribution in [3.63, 3.8) is 0 Å². The average Bonchev–Trinajstić information content (AvgIpc) is 2.48. The molecule has 0 aromatic rings. The van der Waals surface area contributed by atoms with Crippen molar-refractivity contribution in [2.45, 2.75) is 90.6 Å². The zero-order valence-corrected chi connectivity index (χ0v) is 18.0. The Morgan fingerprint density at radius 2 is 1.33 bits per heavy atom. The van der Waals surface area contributed by atoms with Crippen molar-refractivity contribution in [3.8, 4) is 0 Å². The molecule has 0 amide bonds. The normalized spacial score (nSPS) is 17.1. The Hall–Kier alpha value is 0.230. The highest BCUT2D eigenvalue weighted by atomic mass is 31.0. The lowest BCUT2D eigenvalue weighted by molar-refractivity contribution is -0.145. The molecule has 0 fully saturated rings. The van der Waals surface area contributed by atoms with Crippen molar-refractivity contribution in [3.05, 3.63) is 0 Å². The Balaban J connectivity index is 4.12. The summed E-state index contributed by atoms with van der Waals surface area (Å²) in [5.41, 5.74) is -0.906. The molecule has 146 valence electrons. The summed E-state index contributed by atoms with van der Waals surface area (Å²) in [4.78, 5) is 0. The molecule has 6 heteroatoms.